The molecule has 0 saturated carbocycles. The average Bonchev–Trinajstić information content (AvgIpc) is 2.70. The first-order chi connectivity index (χ1) is 13.9. The molecule has 2 atom stereocenters. The molecule has 0 radical (unpaired) electrons. The van der Waals surface area contributed by atoms with Gasteiger partial charge < -0.3 is 9.84 Å². The highest BCUT2D eigenvalue weighted by molar-refractivity contribution is 5.87. The van der Waals surface area contributed by atoms with Gasteiger partial charge in [-0.15, -0.1) is 0 Å². The van der Waals surface area contributed by atoms with Crippen LogP contribution in [0.1, 0.15) is 24.1 Å². The first-order valence-electron chi connectivity index (χ1n) is 9.40. The number of rotatable bonds is 3. The van der Waals surface area contributed by atoms with E-state index >= 15 is 0 Å². The van der Waals surface area contributed by atoms with Crippen molar-refractivity contribution >= 4 is 22.8 Å². The first-order valence-corrected chi connectivity index (χ1v) is 9.40. The van der Waals surface area contributed by atoms with Gasteiger partial charge >= 0.3 is 5.97 Å². The summed E-state index contributed by atoms with van der Waals surface area (Å²) in [5, 5.41) is 11.2. The standard InChI is InChI=1S/C23H20FNO4/c1-14-19-4-2-3-5-20(19)23(28)25(16-8-6-15(24)7-9-16)21(14)11-10-18-12-17(26)13-22(27)29-18/h2-11,17-18,26H,12-13H2,1H3/t17-,18-/m1/s1. The summed E-state index contributed by atoms with van der Waals surface area (Å²) in [7, 11) is 0. The molecule has 1 fully saturated rings. The van der Waals surface area contributed by atoms with Crippen LogP contribution in [0, 0.1) is 12.7 Å². The average molecular weight is 393 g/mol. The Morgan fingerprint density at radius 2 is 1.79 bits per heavy atom. The van der Waals surface area contributed by atoms with E-state index in [0.29, 0.717) is 23.2 Å². The van der Waals surface area contributed by atoms with E-state index in [2.05, 4.69) is 0 Å². The van der Waals surface area contributed by atoms with Crippen LogP contribution in [0.2, 0.25) is 0 Å². The third-order valence-electron chi connectivity index (χ3n) is 5.13. The number of aromatic nitrogens is 1. The number of cyclic esters (lactones) is 1. The van der Waals surface area contributed by atoms with Crippen molar-refractivity contribution in [3.05, 3.63) is 82.0 Å². The van der Waals surface area contributed by atoms with Crippen molar-refractivity contribution in [1.82, 2.24) is 4.57 Å². The van der Waals surface area contributed by atoms with Crippen molar-refractivity contribution in [2.24, 2.45) is 0 Å². The molecule has 3 aromatic rings. The molecule has 6 heteroatoms. The first kappa shape index (κ1) is 19.1. The summed E-state index contributed by atoms with van der Waals surface area (Å²) in [5.74, 6) is -0.843. The summed E-state index contributed by atoms with van der Waals surface area (Å²) < 4.78 is 20.2. The lowest BCUT2D eigenvalue weighted by Gasteiger charge is -2.23. The van der Waals surface area contributed by atoms with Crippen LogP contribution in [0.15, 0.2) is 59.4 Å². The van der Waals surface area contributed by atoms with E-state index < -0.39 is 18.2 Å². The molecule has 1 saturated heterocycles. The quantitative estimate of drug-likeness (QED) is 0.692. The van der Waals surface area contributed by atoms with Gasteiger partial charge in [0.25, 0.3) is 5.56 Å². The molecule has 1 N–H and O–H groups in total. The van der Waals surface area contributed by atoms with Gasteiger partial charge in [-0.25, -0.2) is 4.39 Å². The van der Waals surface area contributed by atoms with Crippen LogP contribution in [0.3, 0.4) is 0 Å². The number of nitrogens with zero attached hydrogens (tertiary/aromatic N) is 1. The molecule has 29 heavy (non-hydrogen) atoms. The molecule has 5 nitrogen and oxygen atoms in total. The number of aliphatic hydroxyl groups is 1. The molecular formula is C23H20FNO4. The smallest absolute Gasteiger partial charge is 0.309 e. The molecule has 148 valence electrons. The number of benzene rings is 2. The van der Waals surface area contributed by atoms with Crippen molar-refractivity contribution in [1.29, 1.82) is 0 Å². The van der Waals surface area contributed by atoms with E-state index in [-0.39, 0.29) is 17.8 Å². The minimum atomic E-state index is -0.747. The Hall–Kier alpha value is -3.25. The second-order valence-corrected chi connectivity index (χ2v) is 7.15. The highest BCUT2D eigenvalue weighted by Crippen LogP contribution is 2.24. The van der Waals surface area contributed by atoms with E-state index in [1.165, 1.54) is 16.7 Å². The van der Waals surface area contributed by atoms with E-state index in [0.717, 1.165) is 10.9 Å². The molecule has 0 spiro atoms. The number of ether oxygens (including phenoxy) is 1. The lowest BCUT2D eigenvalue weighted by Crippen LogP contribution is -2.31. The van der Waals surface area contributed by atoms with Crippen molar-refractivity contribution < 1.29 is 19.0 Å². The van der Waals surface area contributed by atoms with Crippen LogP contribution in [-0.2, 0) is 9.53 Å². The second kappa shape index (κ2) is 7.64. The van der Waals surface area contributed by atoms with Gasteiger partial charge in [0, 0.05) is 17.5 Å². The van der Waals surface area contributed by atoms with Gasteiger partial charge in [-0.1, -0.05) is 18.2 Å². The normalized spacial score (nSPS) is 19.6. The number of fused-ring (bicyclic) bond motifs is 1. The lowest BCUT2D eigenvalue weighted by molar-refractivity contribution is -0.156. The predicted molar refractivity (Wildman–Crippen MR) is 108 cm³/mol. The van der Waals surface area contributed by atoms with E-state index in [1.807, 2.05) is 19.1 Å². The van der Waals surface area contributed by atoms with E-state index in [4.69, 9.17) is 4.74 Å². The van der Waals surface area contributed by atoms with Crippen LogP contribution < -0.4 is 5.56 Å². The third kappa shape index (κ3) is 3.71. The van der Waals surface area contributed by atoms with Crippen LogP contribution in [-0.4, -0.2) is 27.9 Å². The van der Waals surface area contributed by atoms with E-state index in [9.17, 15) is 19.1 Å². The van der Waals surface area contributed by atoms with Gasteiger partial charge in [-0.05, 0) is 60.4 Å². The number of hydrogen-bond acceptors (Lipinski definition) is 4. The Morgan fingerprint density at radius 1 is 1.10 bits per heavy atom. The number of hydrogen-bond donors (Lipinski definition) is 1. The zero-order valence-corrected chi connectivity index (χ0v) is 15.8. The van der Waals surface area contributed by atoms with Crippen LogP contribution in [0.5, 0.6) is 0 Å². The van der Waals surface area contributed by atoms with Crippen molar-refractivity contribution in [2.75, 3.05) is 0 Å². The topological polar surface area (TPSA) is 68.5 Å². The van der Waals surface area contributed by atoms with Gasteiger partial charge in [0.2, 0.25) is 0 Å². The number of halogens is 1. The molecule has 4 rings (SSSR count). The maximum atomic E-state index is 13.4. The number of pyridine rings is 1. The van der Waals surface area contributed by atoms with Gasteiger partial charge in [0.1, 0.15) is 11.9 Å². The van der Waals surface area contributed by atoms with Crippen molar-refractivity contribution in [2.45, 2.75) is 32.0 Å². The molecule has 0 aliphatic carbocycles. The Bertz CT molecular complexity index is 1160. The molecule has 1 aliphatic rings. The Labute approximate surface area is 166 Å². The summed E-state index contributed by atoms with van der Waals surface area (Å²) in [6.45, 7) is 1.91. The van der Waals surface area contributed by atoms with Gasteiger partial charge in [-0.3, -0.25) is 14.2 Å². The molecule has 2 heterocycles. The largest absolute Gasteiger partial charge is 0.458 e. The second-order valence-electron chi connectivity index (χ2n) is 7.15. The number of aliphatic hydroxyl groups excluding tert-OH is 1. The summed E-state index contributed by atoms with van der Waals surface area (Å²) in [6.07, 6.45) is 2.37. The van der Waals surface area contributed by atoms with Crippen LogP contribution >= 0.6 is 0 Å². The minimum Gasteiger partial charge on any atom is -0.458 e. The highest BCUT2D eigenvalue weighted by atomic mass is 19.1. The van der Waals surface area contributed by atoms with Crippen molar-refractivity contribution in [3.63, 3.8) is 0 Å². The Balaban J connectivity index is 1.89. The Morgan fingerprint density at radius 3 is 2.48 bits per heavy atom. The van der Waals surface area contributed by atoms with E-state index in [1.54, 1.807) is 36.4 Å². The van der Waals surface area contributed by atoms with Gasteiger partial charge in [-0.2, -0.15) is 0 Å². The maximum absolute atomic E-state index is 13.4. The SMILES string of the molecule is Cc1c(C=C[C@@H]2C[C@@H](O)CC(=O)O2)n(-c2ccc(F)cc2)c(=O)c2ccccc12. The maximum Gasteiger partial charge on any atom is 0.309 e. The third-order valence-corrected chi connectivity index (χ3v) is 5.13. The monoisotopic (exact) mass is 393 g/mol. The number of carbonyl (C=O) groups excluding carboxylic acids is 1. The molecule has 2 aromatic carbocycles. The number of carbonyl (C=O) groups is 1. The fraction of sp³-hybridized carbons (Fsp3) is 0.217. The summed E-state index contributed by atoms with van der Waals surface area (Å²) in [6, 6.07) is 13.0. The number of esters is 1. The summed E-state index contributed by atoms with van der Waals surface area (Å²) in [4.78, 5) is 24.9. The minimum absolute atomic E-state index is 0.0143. The summed E-state index contributed by atoms with van der Waals surface area (Å²) >= 11 is 0. The zero-order valence-electron chi connectivity index (χ0n) is 15.8. The fourth-order valence-electron chi connectivity index (χ4n) is 3.70. The fourth-order valence-corrected chi connectivity index (χ4v) is 3.70. The summed E-state index contributed by atoms with van der Waals surface area (Å²) in [5.41, 5.74) is 1.78. The predicted octanol–water partition coefficient (Wildman–Crippen LogP) is 3.52. The van der Waals surface area contributed by atoms with Crippen LogP contribution in [0.4, 0.5) is 4.39 Å². The molecule has 0 bridgehead atoms. The molecule has 1 aliphatic heterocycles. The van der Waals surface area contributed by atoms with Crippen molar-refractivity contribution in [3.8, 4) is 5.69 Å². The Kier molecular flexibility index (Phi) is 5.03. The molecule has 0 amide bonds. The van der Waals surface area contributed by atoms with Crippen LogP contribution in [0.25, 0.3) is 22.5 Å². The highest BCUT2D eigenvalue weighted by Gasteiger charge is 2.25. The zero-order chi connectivity index (χ0) is 20.5. The molecule has 0 unspecified atom stereocenters. The number of aryl methyl sites for hydroxylation is 1. The molecule has 1 aromatic heterocycles. The lowest BCUT2D eigenvalue weighted by atomic mass is 10.0. The molecular weight excluding hydrogens is 373 g/mol. The van der Waals surface area contributed by atoms with Gasteiger partial charge in [0.15, 0.2) is 0 Å². The van der Waals surface area contributed by atoms with Gasteiger partial charge in [0.05, 0.1) is 18.2 Å².